The summed E-state index contributed by atoms with van der Waals surface area (Å²) in [5.74, 6) is -1.06. The number of nitrogens with one attached hydrogen (secondary N) is 1. The van der Waals surface area contributed by atoms with Crippen molar-refractivity contribution >= 4 is 39.3 Å². The van der Waals surface area contributed by atoms with Crippen LogP contribution in [-0.2, 0) is 9.53 Å². The predicted octanol–water partition coefficient (Wildman–Crippen LogP) is 3.84. The van der Waals surface area contributed by atoms with E-state index in [1.54, 1.807) is 36.4 Å². The number of carbonyl (C=O) groups excluding carboxylic acids is 3. The van der Waals surface area contributed by atoms with E-state index < -0.39 is 12.1 Å². The van der Waals surface area contributed by atoms with Crippen LogP contribution in [0.1, 0.15) is 34.6 Å². The molecular weight excluding hydrogens is 374 g/mol. The number of halogens is 1. The van der Waals surface area contributed by atoms with Gasteiger partial charge in [0.2, 0.25) is 11.7 Å². The van der Waals surface area contributed by atoms with E-state index in [0.717, 1.165) is 4.47 Å². The molecule has 1 N–H and O–H groups in total. The average Bonchev–Trinajstić information content (AvgIpc) is 2.55. The highest BCUT2D eigenvalue weighted by atomic mass is 79.9. The minimum atomic E-state index is -0.895. The zero-order valence-corrected chi connectivity index (χ0v) is 14.8. The van der Waals surface area contributed by atoms with E-state index in [1.165, 1.54) is 26.0 Å². The molecule has 0 unspecified atom stereocenters. The lowest BCUT2D eigenvalue weighted by molar-refractivity contribution is -0.114. The van der Waals surface area contributed by atoms with E-state index in [9.17, 15) is 14.4 Å². The third-order valence-corrected chi connectivity index (χ3v) is 3.75. The van der Waals surface area contributed by atoms with Gasteiger partial charge in [-0.2, -0.15) is 0 Å². The molecular formula is C18H16BrNO4. The minimum Gasteiger partial charge on any atom is -0.451 e. The third kappa shape index (κ3) is 4.76. The first kappa shape index (κ1) is 17.9. The molecule has 0 heterocycles. The molecule has 0 aromatic heterocycles. The molecule has 0 bridgehead atoms. The molecule has 0 radical (unpaired) electrons. The van der Waals surface area contributed by atoms with Crippen LogP contribution in [0.5, 0.6) is 0 Å². The van der Waals surface area contributed by atoms with Gasteiger partial charge in [-0.25, -0.2) is 4.79 Å². The van der Waals surface area contributed by atoms with E-state index in [0.29, 0.717) is 16.8 Å². The van der Waals surface area contributed by atoms with Crippen molar-refractivity contribution in [1.29, 1.82) is 0 Å². The first-order valence-electron chi connectivity index (χ1n) is 7.25. The Bertz CT molecular complexity index is 754. The summed E-state index contributed by atoms with van der Waals surface area (Å²) < 4.78 is 6.08. The maximum atomic E-state index is 12.3. The quantitative estimate of drug-likeness (QED) is 0.622. The van der Waals surface area contributed by atoms with Crippen LogP contribution in [0.2, 0.25) is 0 Å². The SMILES string of the molecule is CC(=O)Nc1ccc(C(=O)O[C@@H](C)C(=O)c2ccc(Br)cc2)cc1. The number of hydrogen-bond acceptors (Lipinski definition) is 4. The van der Waals surface area contributed by atoms with Crippen LogP contribution >= 0.6 is 15.9 Å². The summed E-state index contributed by atoms with van der Waals surface area (Å²) >= 11 is 3.30. The molecule has 0 spiro atoms. The van der Waals surface area contributed by atoms with Crippen molar-refractivity contribution in [3.8, 4) is 0 Å². The summed E-state index contributed by atoms with van der Waals surface area (Å²) in [4.78, 5) is 35.3. The van der Waals surface area contributed by atoms with Crippen molar-refractivity contribution in [2.75, 3.05) is 5.32 Å². The number of Topliss-reactive ketones (excluding diaryl/α,β-unsaturated/α-hetero) is 1. The van der Waals surface area contributed by atoms with Gasteiger partial charge in [0.25, 0.3) is 0 Å². The predicted molar refractivity (Wildman–Crippen MR) is 94.1 cm³/mol. The summed E-state index contributed by atoms with van der Waals surface area (Å²) in [5, 5.41) is 2.61. The lowest BCUT2D eigenvalue weighted by Crippen LogP contribution is -2.24. The summed E-state index contributed by atoms with van der Waals surface area (Å²) in [6, 6.07) is 13.1. The zero-order valence-electron chi connectivity index (χ0n) is 13.2. The Morgan fingerprint density at radius 3 is 2.04 bits per heavy atom. The van der Waals surface area contributed by atoms with E-state index in [4.69, 9.17) is 4.74 Å². The van der Waals surface area contributed by atoms with Crippen molar-refractivity contribution in [3.63, 3.8) is 0 Å². The number of ether oxygens (including phenoxy) is 1. The second kappa shape index (κ2) is 7.88. The van der Waals surface area contributed by atoms with Gasteiger partial charge in [-0.15, -0.1) is 0 Å². The first-order valence-corrected chi connectivity index (χ1v) is 8.04. The maximum Gasteiger partial charge on any atom is 0.338 e. The first-order chi connectivity index (χ1) is 11.4. The molecule has 124 valence electrons. The number of amides is 1. The molecule has 0 aliphatic heterocycles. The summed E-state index contributed by atoms with van der Waals surface area (Å²) in [5.41, 5.74) is 1.36. The fourth-order valence-electron chi connectivity index (χ4n) is 2.02. The Balaban J connectivity index is 2.01. The highest BCUT2D eigenvalue weighted by Crippen LogP contribution is 2.15. The van der Waals surface area contributed by atoms with Crippen molar-refractivity contribution in [2.45, 2.75) is 20.0 Å². The van der Waals surface area contributed by atoms with Crippen LogP contribution in [0.25, 0.3) is 0 Å². The van der Waals surface area contributed by atoms with Crippen LogP contribution in [0.4, 0.5) is 5.69 Å². The molecule has 5 nitrogen and oxygen atoms in total. The Hall–Kier alpha value is -2.47. The van der Waals surface area contributed by atoms with Crippen molar-refractivity contribution in [1.82, 2.24) is 0 Å². The lowest BCUT2D eigenvalue weighted by atomic mass is 10.1. The molecule has 1 atom stereocenters. The molecule has 0 saturated carbocycles. The second-order valence-corrected chi connectivity index (χ2v) is 6.09. The number of hydrogen-bond donors (Lipinski definition) is 1. The van der Waals surface area contributed by atoms with E-state index >= 15 is 0 Å². The number of benzene rings is 2. The summed E-state index contributed by atoms with van der Waals surface area (Å²) in [6.45, 7) is 2.94. The average molecular weight is 390 g/mol. The molecule has 0 saturated heterocycles. The fourth-order valence-corrected chi connectivity index (χ4v) is 2.29. The van der Waals surface area contributed by atoms with Crippen molar-refractivity contribution in [3.05, 3.63) is 64.1 Å². The molecule has 1 amide bonds. The monoisotopic (exact) mass is 389 g/mol. The van der Waals surface area contributed by atoms with Gasteiger partial charge in [-0.3, -0.25) is 9.59 Å². The number of rotatable bonds is 5. The van der Waals surface area contributed by atoms with E-state index in [1.807, 2.05) is 0 Å². The largest absolute Gasteiger partial charge is 0.451 e. The summed E-state index contributed by atoms with van der Waals surface area (Å²) in [6.07, 6.45) is -0.895. The van der Waals surface area contributed by atoms with Gasteiger partial charge in [0.15, 0.2) is 6.10 Å². The number of ketones is 1. The van der Waals surface area contributed by atoms with Gasteiger partial charge < -0.3 is 10.1 Å². The Morgan fingerprint density at radius 2 is 1.50 bits per heavy atom. The van der Waals surface area contributed by atoms with Crippen LogP contribution in [0.3, 0.4) is 0 Å². The summed E-state index contributed by atoms with van der Waals surface area (Å²) in [7, 11) is 0. The highest BCUT2D eigenvalue weighted by molar-refractivity contribution is 9.10. The molecule has 24 heavy (non-hydrogen) atoms. The minimum absolute atomic E-state index is 0.195. The number of carbonyl (C=O) groups is 3. The Labute approximate surface area is 148 Å². The zero-order chi connectivity index (χ0) is 17.7. The molecule has 2 aromatic rings. The van der Waals surface area contributed by atoms with Gasteiger partial charge in [0, 0.05) is 22.6 Å². The van der Waals surface area contributed by atoms with Gasteiger partial charge in [0.1, 0.15) is 0 Å². The molecule has 2 aromatic carbocycles. The molecule has 0 aliphatic carbocycles. The van der Waals surface area contributed by atoms with Crippen molar-refractivity contribution < 1.29 is 19.1 Å². The van der Waals surface area contributed by atoms with Crippen LogP contribution < -0.4 is 5.32 Å². The third-order valence-electron chi connectivity index (χ3n) is 3.22. The fraction of sp³-hybridized carbons (Fsp3) is 0.167. The second-order valence-electron chi connectivity index (χ2n) is 5.18. The topological polar surface area (TPSA) is 72.5 Å². The smallest absolute Gasteiger partial charge is 0.338 e. The van der Waals surface area contributed by atoms with Gasteiger partial charge in [0.05, 0.1) is 5.56 Å². The molecule has 2 rings (SSSR count). The van der Waals surface area contributed by atoms with Gasteiger partial charge in [-0.1, -0.05) is 28.1 Å². The Kier molecular flexibility index (Phi) is 5.87. The Morgan fingerprint density at radius 1 is 0.958 bits per heavy atom. The van der Waals surface area contributed by atoms with Crippen LogP contribution in [0, 0.1) is 0 Å². The highest BCUT2D eigenvalue weighted by Gasteiger charge is 2.20. The molecule has 0 aliphatic rings. The molecule has 6 heteroatoms. The van der Waals surface area contributed by atoms with Crippen LogP contribution in [-0.4, -0.2) is 23.8 Å². The normalized spacial score (nSPS) is 11.5. The van der Waals surface area contributed by atoms with Gasteiger partial charge >= 0.3 is 5.97 Å². The standard InChI is InChI=1S/C18H16BrNO4/c1-11(17(22)13-3-7-15(19)8-4-13)24-18(23)14-5-9-16(10-6-14)20-12(2)21/h3-11H,1-2H3,(H,20,21)/t11-/m0/s1. The van der Waals surface area contributed by atoms with Gasteiger partial charge in [-0.05, 0) is 43.3 Å². The van der Waals surface area contributed by atoms with Crippen molar-refractivity contribution in [2.24, 2.45) is 0 Å². The maximum absolute atomic E-state index is 12.3. The van der Waals surface area contributed by atoms with Crippen LogP contribution in [0.15, 0.2) is 53.0 Å². The lowest BCUT2D eigenvalue weighted by Gasteiger charge is -2.12. The van der Waals surface area contributed by atoms with E-state index in [2.05, 4.69) is 21.2 Å². The number of esters is 1. The number of anilines is 1. The molecule has 0 fully saturated rings. The van der Waals surface area contributed by atoms with E-state index in [-0.39, 0.29) is 11.7 Å².